The zero-order chi connectivity index (χ0) is 18.8. The highest BCUT2D eigenvalue weighted by atomic mass is 127. The van der Waals surface area contributed by atoms with Crippen LogP contribution in [0.4, 0.5) is 0 Å². The summed E-state index contributed by atoms with van der Waals surface area (Å²) in [6.45, 7) is 7.93. The van der Waals surface area contributed by atoms with Gasteiger partial charge in [0.2, 0.25) is 0 Å². The first-order chi connectivity index (χ1) is 12.6. The Hall–Kier alpha value is -1.83. The van der Waals surface area contributed by atoms with Crippen molar-refractivity contribution in [3.05, 3.63) is 59.9 Å². The van der Waals surface area contributed by atoms with E-state index in [1.165, 1.54) is 5.56 Å². The molecule has 6 heteroatoms. The number of halogens is 1. The Labute approximate surface area is 180 Å². The summed E-state index contributed by atoms with van der Waals surface area (Å²) in [5.41, 5.74) is 2.26. The minimum Gasteiger partial charge on any atom is -0.493 e. The van der Waals surface area contributed by atoms with Crippen molar-refractivity contribution in [3.8, 4) is 5.75 Å². The zero-order valence-electron chi connectivity index (χ0n) is 16.6. The van der Waals surface area contributed by atoms with Gasteiger partial charge in [0, 0.05) is 31.9 Å². The molecule has 27 heavy (non-hydrogen) atoms. The third kappa shape index (κ3) is 8.60. The molecule has 5 nitrogen and oxygen atoms in total. The first-order valence-corrected chi connectivity index (χ1v) is 9.18. The van der Waals surface area contributed by atoms with Crippen LogP contribution in [0.3, 0.4) is 0 Å². The molecule has 2 N–H and O–H groups in total. The molecule has 0 fully saturated rings. The van der Waals surface area contributed by atoms with Gasteiger partial charge in [-0.1, -0.05) is 32.0 Å². The van der Waals surface area contributed by atoms with E-state index in [4.69, 9.17) is 4.74 Å². The van der Waals surface area contributed by atoms with Crippen molar-refractivity contribution >= 4 is 29.9 Å². The Balaban J connectivity index is 0.00000364. The molecular formula is C21H31IN4O. The van der Waals surface area contributed by atoms with Crippen LogP contribution in [0.15, 0.2) is 53.7 Å². The monoisotopic (exact) mass is 482 g/mol. The zero-order valence-corrected chi connectivity index (χ0v) is 18.9. The van der Waals surface area contributed by atoms with Crippen LogP contribution in [0.5, 0.6) is 5.75 Å². The lowest BCUT2D eigenvalue weighted by atomic mass is 10.1. The van der Waals surface area contributed by atoms with Crippen LogP contribution < -0.4 is 15.4 Å². The molecule has 1 heterocycles. The molecule has 2 aromatic rings. The van der Waals surface area contributed by atoms with E-state index in [1.54, 1.807) is 7.05 Å². The first-order valence-electron chi connectivity index (χ1n) is 9.18. The van der Waals surface area contributed by atoms with Crippen LogP contribution in [0.25, 0.3) is 0 Å². The number of benzene rings is 1. The smallest absolute Gasteiger partial charge is 0.191 e. The summed E-state index contributed by atoms with van der Waals surface area (Å²) in [5, 5.41) is 6.75. The molecule has 0 aliphatic carbocycles. The second-order valence-corrected chi connectivity index (χ2v) is 6.71. The van der Waals surface area contributed by atoms with Gasteiger partial charge in [-0.2, -0.15) is 0 Å². The summed E-state index contributed by atoms with van der Waals surface area (Å²) in [6, 6.07) is 14.3. The summed E-state index contributed by atoms with van der Waals surface area (Å²) in [6.07, 6.45) is 2.68. The highest BCUT2D eigenvalue weighted by Crippen LogP contribution is 2.18. The maximum absolute atomic E-state index is 5.74. The molecule has 0 saturated heterocycles. The molecule has 2 rings (SSSR count). The van der Waals surface area contributed by atoms with Gasteiger partial charge in [-0.3, -0.25) is 9.98 Å². The molecule has 0 radical (unpaired) electrons. The van der Waals surface area contributed by atoms with E-state index < -0.39 is 0 Å². The van der Waals surface area contributed by atoms with Crippen LogP contribution in [0.1, 0.15) is 38.1 Å². The molecular weight excluding hydrogens is 451 g/mol. The third-order valence-corrected chi connectivity index (χ3v) is 3.94. The lowest BCUT2D eigenvalue weighted by Crippen LogP contribution is -2.39. The van der Waals surface area contributed by atoms with Gasteiger partial charge in [-0.15, -0.1) is 24.0 Å². The van der Waals surface area contributed by atoms with Crippen LogP contribution in [0.2, 0.25) is 0 Å². The van der Waals surface area contributed by atoms with E-state index in [1.807, 2.05) is 36.5 Å². The number of nitrogens with zero attached hydrogens (tertiary/aromatic N) is 2. The number of aromatic nitrogens is 1. The molecule has 1 atom stereocenters. The Kier molecular flexibility index (Phi) is 10.8. The highest BCUT2D eigenvalue weighted by Gasteiger charge is 2.08. The topological polar surface area (TPSA) is 58.5 Å². The summed E-state index contributed by atoms with van der Waals surface area (Å²) in [4.78, 5) is 8.63. The second-order valence-electron chi connectivity index (χ2n) is 6.71. The third-order valence-electron chi connectivity index (χ3n) is 3.94. The van der Waals surface area contributed by atoms with Gasteiger partial charge in [0.15, 0.2) is 5.96 Å². The number of rotatable bonds is 8. The largest absolute Gasteiger partial charge is 0.493 e. The Bertz CT molecular complexity index is 674. The molecule has 0 spiro atoms. The van der Waals surface area contributed by atoms with E-state index in [0.29, 0.717) is 5.92 Å². The fraction of sp³-hybridized carbons (Fsp3) is 0.429. The van der Waals surface area contributed by atoms with Crippen molar-refractivity contribution in [2.75, 3.05) is 20.2 Å². The van der Waals surface area contributed by atoms with Crippen LogP contribution in [0, 0.1) is 5.92 Å². The predicted molar refractivity (Wildman–Crippen MR) is 123 cm³/mol. The Morgan fingerprint density at radius 1 is 1.11 bits per heavy atom. The summed E-state index contributed by atoms with van der Waals surface area (Å²) in [5.74, 6) is 2.22. The van der Waals surface area contributed by atoms with Gasteiger partial charge >= 0.3 is 0 Å². The SMILES string of the molecule is CN=C(NCCc1ccccn1)NC(C)c1ccc(OCC(C)C)cc1.I. The van der Waals surface area contributed by atoms with Crippen molar-refractivity contribution in [1.82, 2.24) is 15.6 Å². The van der Waals surface area contributed by atoms with E-state index in [-0.39, 0.29) is 30.0 Å². The average molecular weight is 482 g/mol. The fourth-order valence-corrected chi connectivity index (χ4v) is 2.45. The summed E-state index contributed by atoms with van der Waals surface area (Å²) in [7, 11) is 1.78. The molecule has 1 aromatic carbocycles. The summed E-state index contributed by atoms with van der Waals surface area (Å²) < 4.78 is 5.74. The molecule has 1 aromatic heterocycles. The number of guanidine groups is 1. The van der Waals surface area contributed by atoms with E-state index in [0.717, 1.165) is 37.0 Å². The number of ether oxygens (including phenoxy) is 1. The number of nitrogens with one attached hydrogen (secondary N) is 2. The molecule has 0 bridgehead atoms. The van der Waals surface area contributed by atoms with Crippen molar-refractivity contribution in [2.24, 2.45) is 10.9 Å². The van der Waals surface area contributed by atoms with Gasteiger partial charge in [0.05, 0.1) is 12.6 Å². The molecule has 1 unspecified atom stereocenters. The van der Waals surface area contributed by atoms with Crippen molar-refractivity contribution in [3.63, 3.8) is 0 Å². The molecule has 148 valence electrons. The number of aliphatic imine (C=N–C) groups is 1. The second kappa shape index (κ2) is 12.5. The van der Waals surface area contributed by atoms with Crippen molar-refractivity contribution in [2.45, 2.75) is 33.2 Å². The maximum atomic E-state index is 5.74. The normalized spacial score (nSPS) is 12.3. The molecule has 0 aliphatic rings. The molecule has 0 saturated carbocycles. The van der Waals surface area contributed by atoms with Gasteiger partial charge in [-0.05, 0) is 42.7 Å². The number of hydrogen-bond acceptors (Lipinski definition) is 3. The average Bonchev–Trinajstić information content (AvgIpc) is 2.66. The van der Waals surface area contributed by atoms with Crippen molar-refractivity contribution in [1.29, 1.82) is 0 Å². The number of pyridine rings is 1. The van der Waals surface area contributed by atoms with Crippen LogP contribution in [-0.4, -0.2) is 31.1 Å². The Morgan fingerprint density at radius 3 is 2.44 bits per heavy atom. The van der Waals surface area contributed by atoms with E-state index in [2.05, 4.69) is 53.5 Å². The number of hydrogen-bond donors (Lipinski definition) is 2. The molecule has 0 aliphatic heterocycles. The van der Waals surface area contributed by atoms with Crippen LogP contribution >= 0.6 is 24.0 Å². The lowest BCUT2D eigenvalue weighted by molar-refractivity contribution is 0.271. The van der Waals surface area contributed by atoms with Gasteiger partial charge in [0.25, 0.3) is 0 Å². The standard InChI is InChI=1S/C21H30N4O.HI/c1-16(2)15-26-20-10-8-18(9-11-20)17(3)25-21(22-4)24-14-12-19-7-5-6-13-23-19;/h5-11,13,16-17H,12,14-15H2,1-4H3,(H2,22,24,25);1H. The van der Waals surface area contributed by atoms with E-state index >= 15 is 0 Å². The van der Waals surface area contributed by atoms with Crippen molar-refractivity contribution < 1.29 is 4.74 Å². The highest BCUT2D eigenvalue weighted by molar-refractivity contribution is 14.0. The van der Waals surface area contributed by atoms with E-state index in [9.17, 15) is 0 Å². The summed E-state index contributed by atoms with van der Waals surface area (Å²) >= 11 is 0. The van der Waals surface area contributed by atoms with Gasteiger partial charge in [0.1, 0.15) is 5.75 Å². The minimum atomic E-state index is 0. The minimum absolute atomic E-state index is 0. The maximum Gasteiger partial charge on any atom is 0.191 e. The van der Waals surface area contributed by atoms with Crippen LogP contribution in [-0.2, 0) is 6.42 Å². The predicted octanol–water partition coefficient (Wildman–Crippen LogP) is 4.20. The van der Waals surface area contributed by atoms with Gasteiger partial charge in [-0.25, -0.2) is 0 Å². The fourth-order valence-electron chi connectivity index (χ4n) is 2.45. The Morgan fingerprint density at radius 2 is 1.85 bits per heavy atom. The van der Waals surface area contributed by atoms with Gasteiger partial charge < -0.3 is 15.4 Å². The lowest BCUT2D eigenvalue weighted by Gasteiger charge is -2.18. The quantitative estimate of drug-likeness (QED) is 0.337. The first kappa shape index (κ1) is 23.2. The molecule has 0 amide bonds.